The van der Waals surface area contributed by atoms with Crippen LogP contribution >= 0.6 is 0 Å². The number of rotatable bonds is 5. The Kier molecular flexibility index (Phi) is 5.65. The second-order valence-electron chi connectivity index (χ2n) is 7.12. The van der Waals surface area contributed by atoms with E-state index in [4.69, 9.17) is 4.98 Å². The van der Waals surface area contributed by atoms with Crippen LogP contribution in [0, 0.1) is 5.92 Å². The Morgan fingerprint density at radius 3 is 2.83 bits per heavy atom. The van der Waals surface area contributed by atoms with Crippen molar-refractivity contribution in [2.75, 3.05) is 13.1 Å². The molecule has 2 fully saturated rings. The van der Waals surface area contributed by atoms with Gasteiger partial charge in [0.2, 0.25) is 5.91 Å². The number of likely N-dealkylation sites (tertiary alicyclic amines) is 1. The molecule has 1 aliphatic carbocycles. The lowest BCUT2D eigenvalue weighted by Crippen LogP contribution is -2.31. The smallest absolute Gasteiger partial charge is 0.217 e. The van der Waals surface area contributed by atoms with E-state index in [1.165, 1.54) is 63.7 Å². The van der Waals surface area contributed by atoms with Crippen molar-refractivity contribution in [3.63, 3.8) is 0 Å². The summed E-state index contributed by atoms with van der Waals surface area (Å²) in [5.74, 6) is 0.879. The minimum absolute atomic E-state index is 0.00278. The molecule has 1 N–H and O–H groups in total. The summed E-state index contributed by atoms with van der Waals surface area (Å²) in [6.07, 6.45) is 9.53. The molecule has 1 saturated carbocycles. The van der Waals surface area contributed by atoms with Crippen LogP contribution < -0.4 is 5.32 Å². The van der Waals surface area contributed by atoms with Crippen molar-refractivity contribution in [2.24, 2.45) is 5.92 Å². The van der Waals surface area contributed by atoms with Crippen LogP contribution in [-0.4, -0.2) is 28.9 Å². The Labute approximate surface area is 139 Å². The molecule has 1 amide bonds. The monoisotopic (exact) mass is 315 g/mol. The van der Waals surface area contributed by atoms with Gasteiger partial charge < -0.3 is 5.32 Å². The van der Waals surface area contributed by atoms with E-state index in [9.17, 15) is 4.79 Å². The van der Waals surface area contributed by atoms with E-state index >= 15 is 0 Å². The molecule has 0 aromatic carbocycles. The predicted octanol–water partition coefficient (Wildman–Crippen LogP) is 3.43. The lowest BCUT2D eigenvalue weighted by Gasteiger charge is -2.30. The highest BCUT2D eigenvalue weighted by molar-refractivity contribution is 5.72. The molecule has 0 spiro atoms. The number of carbonyl (C=O) groups excluding carboxylic acids is 1. The van der Waals surface area contributed by atoms with Crippen LogP contribution in [0.15, 0.2) is 18.2 Å². The second-order valence-corrected chi connectivity index (χ2v) is 7.12. The largest absolute Gasteiger partial charge is 0.351 e. The molecular formula is C19H29N3O. The summed E-state index contributed by atoms with van der Waals surface area (Å²) in [7, 11) is 0. The van der Waals surface area contributed by atoms with Gasteiger partial charge >= 0.3 is 0 Å². The van der Waals surface area contributed by atoms with Gasteiger partial charge in [-0.3, -0.25) is 14.7 Å². The molecule has 2 aliphatic rings. The number of amides is 1. The Hall–Kier alpha value is -1.42. The van der Waals surface area contributed by atoms with Crippen molar-refractivity contribution in [3.8, 4) is 0 Å². The molecule has 1 aliphatic heterocycles. The molecule has 23 heavy (non-hydrogen) atoms. The number of hydrogen-bond acceptors (Lipinski definition) is 3. The summed E-state index contributed by atoms with van der Waals surface area (Å²) in [6.45, 7) is 4.52. The first-order chi connectivity index (χ1) is 11.2. The molecule has 1 atom stereocenters. The molecule has 4 heteroatoms. The summed E-state index contributed by atoms with van der Waals surface area (Å²) < 4.78 is 0. The van der Waals surface area contributed by atoms with E-state index < -0.39 is 0 Å². The molecule has 4 nitrogen and oxygen atoms in total. The van der Waals surface area contributed by atoms with Gasteiger partial charge in [0, 0.05) is 13.5 Å². The van der Waals surface area contributed by atoms with Crippen molar-refractivity contribution in [1.29, 1.82) is 0 Å². The maximum atomic E-state index is 11.1. The van der Waals surface area contributed by atoms with E-state index in [1.54, 1.807) is 6.92 Å². The van der Waals surface area contributed by atoms with Gasteiger partial charge in [-0.15, -0.1) is 0 Å². The molecule has 1 aromatic heterocycles. The maximum Gasteiger partial charge on any atom is 0.217 e. The van der Waals surface area contributed by atoms with Crippen molar-refractivity contribution in [3.05, 3.63) is 29.6 Å². The first-order valence-electron chi connectivity index (χ1n) is 9.16. The quantitative estimate of drug-likeness (QED) is 0.905. The van der Waals surface area contributed by atoms with Gasteiger partial charge in [0.05, 0.1) is 24.0 Å². The van der Waals surface area contributed by atoms with Crippen molar-refractivity contribution in [2.45, 2.75) is 64.5 Å². The average Bonchev–Trinajstić information content (AvgIpc) is 3.02. The van der Waals surface area contributed by atoms with Gasteiger partial charge in [0.15, 0.2) is 0 Å². The van der Waals surface area contributed by atoms with Gasteiger partial charge in [-0.1, -0.05) is 25.3 Å². The van der Waals surface area contributed by atoms with E-state index in [0.717, 1.165) is 11.6 Å². The standard InChI is InChI=1S/C19H29N3O/c1-15(23)20-13-17-9-5-10-18(21-17)19-11-6-12-22(19)14-16-7-3-2-4-8-16/h5,9-10,16,19H,2-4,6-8,11-14H2,1H3,(H,20,23)/t19-/m1/s1. The molecule has 1 aromatic rings. The molecule has 2 heterocycles. The van der Waals surface area contributed by atoms with Gasteiger partial charge in [-0.05, 0) is 50.3 Å². The summed E-state index contributed by atoms with van der Waals surface area (Å²) in [5.41, 5.74) is 2.14. The summed E-state index contributed by atoms with van der Waals surface area (Å²) in [4.78, 5) is 18.6. The van der Waals surface area contributed by atoms with Crippen LogP contribution in [-0.2, 0) is 11.3 Å². The molecule has 126 valence electrons. The van der Waals surface area contributed by atoms with Crippen LogP contribution in [0.2, 0.25) is 0 Å². The van der Waals surface area contributed by atoms with Crippen LogP contribution in [0.25, 0.3) is 0 Å². The number of carbonyl (C=O) groups is 1. The molecule has 0 unspecified atom stereocenters. The van der Waals surface area contributed by atoms with Gasteiger partial charge in [-0.2, -0.15) is 0 Å². The Bertz CT molecular complexity index is 525. The first-order valence-corrected chi connectivity index (χ1v) is 9.16. The van der Waals surface area contributed by atoms with Crippen LogP contribution in [0.4, 0.5) is 0 Å². The number of pyridine rings is 1. The average molecular weight is 315 g/mol. The first kappa shape index (κ1) is 16.4. The van der Waals surface area contributed by atoms with Crippen LogP contribution in [0.5, 0.6) is 0 Å². The molecule has 0 radical (unpaired) electrons. The van der Waals surface area contributed by atoms with Crippen molar-refractivity contribution in [1.82, 2.24) is 15.2 Å². The fourth-order valence-electron chi connectivity index (χ4n) is 4.08. The zero-order chi connectivity index (χ0) is 16.1. The highest BCUT2D eigenvalue weighted by Crippen LogP contribution is 2.34. The fourth-order valence-corrected chi connectivity index (χ4v) is 4.08. The van der Waals surface area contributed by atoms with Crippen molar-refractivity contribution < 1.29 is 4.79 Å². The van der Waals surface area contributed by atoms with E-state index in [0.29, 0.717) is 12.6 Å². The van der Waals surface area contributed by atoms with E-state index in [2.05, 4.69) is 22.3 Å². The Balaban J connectivity index is 1.64. The molecular weight excluding hydrogens is 286 g/mol. The van der Waals surface area contributed by atoms with Gasteiger partial charge in [0.25, 0.3) is 0 Å². The maximum absolute atomic E-state index is 11.1. The minimum Gasteiger partial charge on any atom is -0.351 e. The highest BCUT2D eigenvalue weighted by Gasteiger charge is 2.29. The molecule has 0 bridgehead atoms. The second kappa shape index (κ2) is 7.91. The third-order valence-electron chi connectivity index (χ3n) is 5.27. The Morgan fingerprint density at radius 1 is 1.22 bits per heavy atom. The van der Waals surface area contributed by atoms with E-state index in [1.807, 2.05) is 6.07 Å². The summed E-state index contributed by atoms with van der Waals surface area (Å²) in [5, 5.41) is 2.84. The van der Waals surface area contributed by atoms with Crippen LogP contribution in [0.3, 0.4) is 0 Å². The SMILES string of the molecule is CC(=O)NCc1cccc([C@H]2CCCN2CC2CCCCC2)n1. The molecule has 1 saturated heterocycles. The molecule has 3 rings (SSSR count). The number of nitrogens with zero attached hydrogens (tertiary/aromatic N) is 2. The lowest BCUT2D eigenvalue weighted by molar-refractivity contribution is -0.119. The normalized spacial score (nSPS) is 23.1. The number of aromatic nitrogens is 1. The van der Waals surface area contributed by atoms with Gasteiger partial charge in [-0.25, -0.2) is 0 Å². The number of hydrogen-bond donors (Lipinski definition) is 1. The summed E-state index contributed by atoms with van der Waals surface area (Å²) in [6, 6.07) is 6.70. The fraction of sp³-hybridized carbons (Fsp3) is 0.684. The third kappa shape index (κ3) is 4.54. The zero-order valence-electron chi connectivity index (χ0n) is 14.3. The van der Waals surface area contributed by atoms with E-state index in [-0.39, 0.29) is 5.91 Å². The Morgan fingerprint density at radius 2 is 2.04 bits per heavy atom. The van der Waals surface area contributed by atoms with Gasteiger partial charge in [0.1, 0.15) is 0 Å². The lowest BCUT2D eigenvalue weighted by atomic mass is 9.88. The number of nitrogens with one attached hydrogen (secondary N) is 1. The highest BCUT2D eigenvalue weighted by atomic mass is 16.1. The van der Waals surface area contributed by atoms with Crippen LogP contribution in [0.1, 0.15) is 69.3 Å². The van der Waals surface area contributed by atoms with Crippen molar-refractivity contribution >= 4 is 5.91 Å². The zero-order valence-corrected chi connectivity index (χ0v) is 14.3. The minimum atomic E-state index is -0.00278. The summed E-state index contributed by atoms with van der Waals surface area (Å²) >= 11 is 0. The topological polar surface area (TPSA) is 45.2 Å². The third-order valence-corrected chi connectivity index (χ3v) is 5.27. The predicted molar refractivity (Wildman–Crippen MR) is 91.9 cm³/mol.